The predicted octanol–water partition coefficient (Wildman–Crippen LogP) is 5.19. The molecule has 0 aliphatic carbocycles. The Bertz CT molecular complexity index is 591. The summed E-state index contributed by atoms with van der Waals surface area (Å²) in [5.74, 6) is -0.316. The van der Waals surface area contributed by atoms with Gasteiger partial charge in [-0.3, -0.25) is 0 Å². The van der Waals surface area contributed by atoms with E-state index in [1.807, 2.05) is 19.1 Å². The first-order chi connectivity index (χ1) is 8.97. The Labute approximate surface area is 111 Å². The lowest BCUT2D eigenvalue weighted by Gasteiger charge is -2.12. The van der Waals surface area contributed by atoms with Gasteiger partial charge >= 0.3 is 0 Å². The molecule has 19 heavy (non-hydrogen) atoms. The van der Waals surface area contributed by atoms with Gasteiger partial charge in [0.2, 0.25) is 0 Å². The summed E-state index contributed by atoms with van der Waals surface area (Å²) in [7, 11) is 0. The summed E-state index contributed by atoms with van der Waals surface area (Å²) in [6.07, 6.45) is 0. The minimum atomic E-state index is -0.703. The van der Waals surface area contributed by atoms with Gasteiger partial charge in [0.05, 0.1) is 0 Å². The molecule has 2 aromatic carbocycles. The summed E-state index contributed by atoms with van der Waals surface area (Å²) in [5.41, 5.74) is 2.32. The SMILES string of the molecule is Cc1cc(Oc2ccc(F)cc2F)ccc1C(C)C. The zero-order valence-electron chi connectivity index (χ0n) is 11.2. The molecule has 2 aromatic rings. The molecule has 0 saturated carbocycles. The molecule has 0 fully saturated rings. The monoisotopic (exact) mass is 262 g/mol. The standard InChI is InChI=1S/C16H16F2O/c1-10(2)14-6-5-13(8-11(14)3)19-16-7-4-12(17)9-15(16)18/h4-10H,1-3H3. The molecule has 0 radical (unpaired) electrons. The number of hydrogen-bond acceptors (Lipinski definition) is 1. The molecular formula is C16H16F2O. The Hall–Kier alpha value is -1.90. The molecule has 0 atom stereocenters. The molecule has 100 valence electrons. The summed E-state index contributed by atoms with van der Waals surface area (Å²) in [6.45, 7) is 6.22. The predicted molar refractivity (Wildman–Crippen MR) is 71.7 cm³/mol. The van der Waals surface area contributed by atoms with Crippen LogP contribution in [0.5, 0.6) is 11.5 Å². The van der Waals surface area contributed by atoms with Gasteiger partial charge in [0.15, 0.2) is 11.6 Å². The third-order valence-corrected chi connectivity index (χ3v) is 2.99. The Morgan fingerprint density at radius 2 is 1.74 bits per heavy atom. The van der Waals surface area contributed by atoms with E-state index in [0.29, 0.717) is 11.7 Å². The van der Waals surface area contributed by atoms with Crippen LogP contribution < -0.4 is 4.74 Å². The van der Waals surface area contributed by atoms with Crippen molar-refractivity contribution in [1.29, 1.82) is 0 Å². The second-order valence-corrected chi connectivity index (χ2v) is 4.85. The number of hydrogen-bond donors (Lipinski definition) is 0. The average Bonchev–Trinajstić information content (AvgIpc) is 2.32. The lowest BCUT2D eigenvalue weighted by atomic mass is 9.98. The van der Waals surface area contributed by atoms with E-state index in [4.69, 9.17) is 4.74 Å². The molecule has 2 rings (SSSR count). The summed E-state index contributed by atoms with van der Waals surface area (Å²) >= 11 is 0. The van der Waals surface area contributed by atoms with Crippen molar-refractivity contribution in [3.8, 4) is 11.5 Å². The molecule has 0 aromatic heterocycles. The van der Waals surface area contributed by atoms with Crippen LogP contribution >= 0.6 is 0 Å². The molecule has 0 bridgehead atoms. The Kier molecular flexibility index (Phi) is 3.84. The minimum Gasteiger partial charge on any atom is -0.454 e. The van der Waals surface area contributed by atoms with Crippen molar-refractivity contribution in [2.75, 3.05) is 0 Å². The zero-order valence-corrected chi connectivity index (χ0v) is 11.2. The average molecular weight is 262 g/mol. The molecule has 0 spiro atoms. The third-order valence-electron chi connectivity index (χ3n) is 2.99. The maximum Gasteiger partial charge on any atom is 0.168 e. The fourth-order valence-corrected chi connectivity index (χ4v) is 2.04. The topological polar surface area (TPSA) is 9.23 Å². The first-order valence-electron chi connectivity index (χ1n) is 6.21. The van der Waals surface area contributed by atoms with E-state index < -0.39 is 11.6 Å². The molecule has 0 amide bonds. The minimum absolute atomic E-state index is 0.0260. The molecule has 0 unspecified atom stereocenters. The van der Waals surface area contributed by atoms with Crippen LogP contribution in [0.3, 0.4) is 0 Å². The summed E-state index contributed by atoms with van der Waals surface area (Å²) in [6, 6.07) is 8.90. The van der Waals surface area contributed by atoms with Crippen molar-refractivity contribution in [2.45, 2.75) is 26.7 Å². The largest absolute Gasteiger partial charge is 0.454 e. The van der Waals surface area contributed by atoms with Crippen LogP contribution in [0.4, 0.5) is 8.78 Å². The van der Waals surface area contributed by atoms with E-state index in [1.54, 1.807) is 6.07 Å². The third kappa shape index (κ3) is 3.11. The van der Waals surface area contributed by atoms with Crippen LogP contribution in [0, 0.1) is 18.6 Å². The highest BCUT2D eigenvalue weighted by Gasteiger charge is 2.08. The quantitative estimate of drug-likeness (QED) is 0.739. The number of ether oxygens (including phenoxy) is 1. The fraction of sp³-hybridized carbons (Fsp3) is 0.250. The van der Waals surface area contributed by atoms with E-state index in [0.717, 1.165) is 11.6 Å². The van der Waals surface area contributed by atoms with Gasteiger partial charge in [0.1, 0.15) is 11.6 Å². The van der Waals surface area contributed by atoms with Crippen molar-refractivity contribution in [3.05, 3.63) is 59.2 Å². The highest BCUT2D eigenvalue weighted by atomic mass is 19.1. The molecule has 3 heteroatoms. The molecule has 0 saturated heterocycles. The maximum absolute atomic E-state index is 13.5. The normalized spacial score (nSPS) is 10.8. The second-order valence-electron chi connectivity index (χ2n) is 4.85. The van der Waals surface area contributed by atoms with Gasteiger partial charge < -0.3 is 4.74 Å². The fourth-order valence-electron chi connectivity index (χ4n) is 2.04. The van der Waals surface area contributed by atoms with E-state index in [2.05, 4.69) is 13.8 Å². The van der Waals surface area contributed by atoms with Gasteiger partial charge in [0.25, 0.3) is 0 Å². The lowest BCUT2D eigenvalue weighted by Crippen LogP contribution is -1.94. The van der Waals surface area contributed by atoms with Crippen LogP contribution in [-0.2, 0) is 0 Å². The highest BCUT2D eigenvalue weighted by Crippen LogP contribution is 2.28. The van der Waals surface area contributed by atoms with Gasteiger partial charge in [-0.1, -0.05) is 19.9 Å². The summed E-state index contributed by atoms with van der Waals surface area (Å²) in [5, 5.41) is 0. The van der Waals surface area contributed by atoms with Crippen LogP contribution in [0.25, 0.3) is 0 Å². The highest BCUT2D eigenvalue weighted by molar-refractivity contribution is 5.39. The van der Waals surface area contributed by atoms with Crippen LogP contribution in [0.2, 0.25) is 0 Å². The van der Waals surface area contributed by atoms with Crippen molar-refractivity contribution in [2.24, 2.45) is 0 Å². The Balaban J connectivity index is 2.26. The molecule has 0 aliphatic rings. The van der Waals surface area contributed by atoms with Gasteiger partial charge in [-0.05, 0) is 48.2 Å². The van der Waals surface area contributed by atoms with Crippen molar-refractivity contribution < 1.29 is 13.5 Å². The summed E-state index contributed by atoms with van der Waals surface area (Å²) in [4.78, 5) is 0. The molecule has 0 N–H and O–H groups in total. The lowest BCUT2D eigenvalue weighted by molar-refractivity contribution is 0.437. The smallest absolute Gasteiger partial charge is 0.168 e. The first-order valence-corrected chi connectivity index (χ1v) is 6.21. The summed E-state index contributed by atoms with van der Waals surface area (Å²) < 4.78 is 31.7. The number of rotatable bonds is 3. The molecular weight excluding hydrogens is 246 g/mol. The maximum atomic E-state index is 13.5. The van der Waals surface area contributed by atoms with Crippen molar-refractivity contribution in [3.63, 3.8) is 0 Å². The van der Waals surface area contributed by atoms with Gasteiger partial charge in [-0.2, -0.15) is 0 Å². The number of benzene rings is 2. The van der Waals surface area contributed by atoms with Gasteiger partial charge in [-0.25, -0.2) is 8.78 Å². The van der Waals surface area contributed by atoms with E-state index >= 15 is 0 Å². The number of halogens is 2. The van der Waals surface area contributed by atoms with E-state index in [9.17, 15) is 8.78 Å². The molecule has 1 nitrogen and oxygen atoms in total. The Morgan fingerprint density at radius 3 is 2.32 bits per heavy atom. The zero-order chi connectivity index (χ0) is 14.0. The van der Waals surface area contributed by atoms with E-state index in [-0.39, 0.29) is 5.75 Å². The Morgan fingerprint density at radius 1 is 1.00 bits per heavy atom. The number of aryl methyl sites for hydroxylation is 1. The van der Waals surface area contributed by atoms with E-state index in [1.165, 1.54) is 17.7 Å². The van der Waals surface area contributed by atoms with Crippen LogP contribution in [0.1, 0.15) is 30.9 Å². The molecule has 0 aliphatic heterocycles. The molecule has 0 heterocycles. The van der Waals surface area contributed by atoms with Crippen molar-refractivity contribution in [1.82, 2.24) is 0 Å². The van der Waals surface area contributed by atoms with Gasteiger partial charge in [-0.15, -0.1) is 0 Å². The second kappa shape index (κ2) is 5.39. The van der Waals surface area contributed by atoms with Crippen LogP contribution in [-0.4, -0.2) is 0 Å². The van der Waals surface area contributed by atoms with Crippen molar-refractivity contribution >= 4 is 0 Å². The van der Waals surface area contributed by atoms with Gasteiger partial charge in [0, 0.05) is 6.07 Å². The first kappa shape index (κ1) is 13.5. The van der Waals surface area contributed by atoms with Crippen LogP contribution in [0.15, 0.2) is 36.4 Å².